The van der Waals surface area contributed by atoms with Crippen LogP contribution in [-0.4, -0.2) is 53.3 Å². The van der Waals surface area contributed by atoms with Crippen LogP contribution in [0.1, 0.15) is 6.92 Å². The number of hydrogen-bond donors (Lipinski definition) is 0. The Morgan fingerprint density at radius 3 is 1.75 bits per heavy atom. The normalized spacial score (nSPS) is 8.69. The van der Waals surface area contributed by atoms with Gasteiger partial charge in [-0.25, -0.2) is 4.68 Å². The molecule has 13 nitrogen and oxygen atoms in total. The topological polar surface area (TPSA) is 264 Å². The van der Waals surface area contributed by atoms with Crippen LogP contribution in [-0.2, 0) is 38.7 Å². The van der Waals surface area contributed by atoms with E-state index in [2.05, 4.69) is 44.5 Å². The number of carbonyl (C=O) groups excluding carboxylic acids is 2. The van der Waals surface area contributed by atoms with Gasteiger partial charge in [0.25, 0.3) is 0 Å². The number of nitrogens with zero attached hydrogens (tertiary/aromatic N) is 5. The van der Waals surface area contributed by atoms with E-state index in [4.69, 9.17) is 9.90 Å². The van der Waals surface area contributed by atoms with Gasteiger partial charge in [-0.1, -0.05) is 41.6 Å². The molecule has 0 aliphatic carbocycles. The van der Waals surface area contributed by atoms with Gasteiger partial charge in [-0.05, 0) is 31.2 Å². The minimum absolute atomic E-state index is 0. The molecule has 36 heavy (non-hydrogen) atoms. The van der Waals surface area contributed by atoms with Crippen molar-refractivity contribution in [1.29, 1.82) is 0 Å². The average Bonchev–Trinajstić information content (AvgIpc) is 3.16. The number of aliphatic carboxylic acids is 2. The summed E-state index contributed by atoms with van der Waals surface area (Å²) in [7, 11) is 0. The molecule has 0 saturated carbocycles. The van der Waals surface area contributed by atoms with E-state index >= 15 is 0 Å². The fourth-order valence-electron chi connectivity index (χ4n) is 2.84. The Kier molecular flexibility index (Phi) is 17.7. The van der Waals surface area contributed by atoms with Gasteiger partial charge in [0.05, 0.1) is 29.1 Å². The van der Waals surface area contributed by atoms with E-state index in [-0.39, 0.29) is 45.5 Å². The first-order chi connectivity index (χ1) is 15.0. The number of para-hydroxylation sites is 1. The molecule has 1 radical (unpaired) electrons. The Morgan fingerprint density at radius 2 is 1.28 bits per heavy atom. The summed E-state index contributed by atoms with van der Waals surface area (Å²) in [6, 6.07) is 19.3. The molecule has 193 valence electrons. The van der Waals surface area contributed by atoms with Crippen LogP contribution in [0, 0.1) is 0 Å². The van der Waals surface area contributed by atoms with Crippen molar-refractivity contribution in [2.45, 2.75) is 13.5 Å². The molecular weight excluding hydrogens is 517 g/mol. The Morgan fingerprint density at radius 1 is 0.806 bits per heavy atom. The Labute approximate surface area is 215 Å². The third-order valence-corrected chi connectivity index (χ3v) is 4.04. The second-order valence-corrected chi connectivity index (χ2v) is 6.32. The van der Waals surface area contributed by atoms with E-state index in [1.54, 1.807) is 30.6 Å². The number of aromatic nitrogens is 5. The first-order valence-corrected chi connectivity index (χ1v) is 9.20. The molecule has 2 aromatic carbocycles. The van der Waals surface area contributed by atoms with Crippen LogP contribution >= 0.6 is 0 Å². The standard InChI is InChI=1S/C12H8N2.C8H7N3O2.C2H4O2.Mn.4H2O/c1-3-9-5-6-10-4-2-8-14-12(10)11(9)13-7-1;12-8(13)5-11-7-4-2-1-3-6(7)9-10-11;1-2(3)4;;;;;/h1-8H;1-4H,5H2,(H,12,13);1H3,(H,3,4);;4*1H2/q;;;+2;;;;/p-1. The van der Waals surface area contributed by atoms with Crippen molar-refractivity contribution >= 4 is 44.8 Å². The monoisotopic (exact) mass is 543 g/mol. The van der Waals surface area contributed by atoms with Crippen molar-refractivity contribution in [3.8, 4) is 0 Å². The van der Waals surface area contributed by atoms with Crippen LogP contribution in [0.25, 0.3) is 32.8 Å². The molecule has 0 aliphatic heterocycles. The molecule has 0 bridgehead atoms. The van der Waals surface area contributed by atoms with Gasteiger partial charge in [-0.3, -0.25) is 9.97 Å². The fraction of sp³-hybridized carbons (Fsp3) is 0.0909. The average molecular weight is 543 g/mol. The maximum Gasteiger partial charge on any atom is 2.00 e. The second-order valence-electron chi connectivity index (χ2n) is 6.32. The largest absolute Gasteiger partial charge is 2.00 e. The molecule has 14 heteroatoms. The molecule has 0 aliphatic rings. The number of fused-ring (bicyclic) bond motifs is 4. The van der Waals surface area contributed by atoms with Crippen LogP contribution in [0.15, 0.2) is 73.1 Å². The first-order valence-electron chi connectivity index (χ1n) is 9.20. The molecule has 3 aromatic heterocycles. The van der Waals surface area contributed by atoms with Gasteiger partial charge in [0, 0.05) is 29.1 Å². The van der Waals surface area contributed by atoms with Crippen molar-refractivity contribution in [2.75, 3.05) is 0 Å². The minimum atomic E-state index is -1.17. The number of hydrogen-bond acceptors (Lipinski definition) is 8. The minimum Gasteiger partial charge on any atom is -0.550 e. The van der Waals surface area contributed by atoms with Crippen LogP contribution in [0.3, 0.4) is 0 Å². The second kappa shape index (κ2) is 17.4. The van der Waals surface area contributed by atoms with Crippen LogP contribution in [0.2, 0.25) is 0 Å². The maximum atomic E-state index is 10.3. The molecule has 0 atom stereocenters. The summed E-state index contributed by atoms with van der Waals surface area (Å²) >= 11 is 0. The van der Waals surface area contributed by atoms with Crippen LogP contribution in [0.5, 0.6) is 0 Å². The van der Waals surface area contributed by atoms with Crippen molar-refractivity contribution in [3.05, 3.63) is 73.1 Å². The zero-order valence-electron chi connectivity index (χ0n) is 19.0. The Bertz CT molecular complexity index is 1310. The quantitative estimate of drug-likeness (QED) is 0.128. The molecule has 9 N–H and O–H groups in total. The Balaban J connectivity index is -0.000000472. The third kappa shape index (κ3) is 9.68. The number of carbonyl (C=O) groups is 2. The van der Waals surface area contributed by atoms with E-state index in [0.29, 0.717) is 11.0 Å². The van der Waals surface area contributed by atoms with Gasteiger partial charge in [-0.15, -0.1) is 5.10 Å². The first kappa shape index (κ1) is 36.5. The summed E-state index contributed by atoms with van der Waals surface area (Å²) in [5.41, 5.74) is 3.34. The van der Waals surface area contributed by atoms with E-state index < -0.39 is 11.9 Å². The predicted molar refractivity (Wildman–Crippen MR) is 126 cm³/mol. The van der Waals surface area contributed by atoms with Gasteiger partial charge in [0.1, 0.15) is 5.52 Å². The fourth-order valence-corrected chi connectivity index (χ4v) is 2.84. The summed E-state index contributed by atoms with van der Waals surface area (Å²) in [6.45, 7) is 0.709. The molecule has 0 amide bonds. The molecule has 0 unspecified atom stereocenters. The summed E-state index contributed by atoms with van der Waals surface area (Å²) in [6.07, 6.45) is 3.60. The number of pyridine rings is 2. The molecule has 3 heterocycles. The predicted octanol–water partition coefficient (Wildman–Crippen LogP) is -2.68. The van der Waals surface area contributed by atoms with Gasteiger partial charge < -0.3 is 41.7 Å². The molecule has 0 spiro atoms. The maximum absolute atomic E-state index is 10.3. The van der Waals surface area contributed by atoms with Crippen LogP contribution < -0.4 is 10.2 Å². The van der Waals surface area contributed by atoms with Crippen molar-refractivity contribution in [3.63, 3.8) is 0 Å². The van der Waals surface area contributed by atoms with E-state index in [1.807, 2.05) is 18.2 Å². The van der Waals surface area contributed by atoms with Crippen molar-refractivity contribution in [1.82, 2.24) is 25.0 Å². The number of benzene rings is 2. The summed E-state index contributed by atoms with van der Waals surface area (Å²) in [5.74, 6) is -2.25. The molecule has 5 rings (SSSR count). The van der Waals surface area contributed by atoms with Crippen LogP contribution in [0.4, 0.5) is 0 Å². The van der Waals surface area contributed by atoms with E-state index in [1.165, 1.54) is 4.68 Å². The number of carboxylic acid groups (broad SMARTS) is 2. The van der Waals surface area contributed by atoms with Crippen molar-refractivity contribution in [2.24, 2.45) is 0 Å². The summed E-state index contributed by atoms with van der Waals surface area (Å²) in [4.78, 5) is 27.9. The number of carboxylic acids is 2. The van der Waals surface area contributed by atoms with E-state index in [9.17, 15) is 9.90 Å². The molecular formula is C22H26MnN5O8+. The van der Waals surface area contributed by atoms with Gasteiger partial charge >= 0.3 is 17.1 Å². The third-order valence-electron chi connectivity index (χ3n) is 4.04. The van der Waals surface area contributed by atoms with Gasteiger partial charge in [0.2, 0.25) is 0 Å². The number of rotatable bonds is 2. The zero-order chi connectivity index (χ0) is 22.2. The molecule has 0 saturated heterocycles. The summed E-state index contributed by atoms with van der Waals surface area (Å²) < 4.78 is 1.30. The molecule has 0 fully saturated rings. The molecule has 5 aromatic rings. The van der Waals surface area contributed by atoms with Gasteiger partial charge in [-0.2, -0.15) is 0 Å². The summed E-state index contributed by atoms with van der Waals surface area (Å²) in [5, 5.41) is 28.9. The van der Waals surface area contributed by atoms with Gasteiger partial charge in [0.15, 0.2) is 0 Å². The Hall–Kier alpha value is -4.04. The SMILES string of the molecule is CC(=O)[O-].O.O.O.O=C([O-])Cn1nnc2ccccc21.[Mn+2].[OH3+].c1cnc2c(c1)ccc1cccnc12. The van der Waals surface area contributed by atoms with E-state index in [0.717, 1.165) is 28.7 Å². The zero-order valence-corrected chi connectivity index (χ0v) is 20.1. The smallest absolute Gasteiger partial charge is 0.550 e. The van der Waals surface area contributed by atoms with Crippen molar-refractivity contribution < 1.29 is 58.8 Å².